The zero-order valence-corrected chi connectivity index (χ0v) is 22.9. The van der Waals surface area contributed by atoms with Gasteiger partial charge in [-0.1, -0.05) is 57.2 Å². The Morgan fingerprint density at radius 2 is 1.72 bits per heavy atom. The van der Waals surface area contributed by atoms with Crippen LogP contribution in [-0.4, -0.2) is 57.0 Å². The highest BCUT2D eigenvalue weighted by atomic mass is 16.5. The summed E-state index contributed by atoms with van der Waals surface area (Å²) in [6.07, 6.45) is 1.96. The third-order valence-corrected chi connectivity index (χ3v) is 7.06. The van der Waals surface area contributed by atoms with Gasteiger partial charge in [0.2, 0.25) is 11.8 Å². The lowest BCUT2D eigenvalue weighted by atomic mass is 9.87. The minimum atomic E-state index is -0.997. The first-order chi connectivity index (χ1) is 18.5. The van der Waals surface area contributed by atoms with Gasteiger partial charge in [0.05, 0.1) is 44.2 Å². The Balaban J connectivity index is 1.56. The highest BCUT2D eigenvalue weighted by Crippen LogP contribution is 2.26. The molecule has 0 saturated carbocycles. The van der Waals surface area contributed by atoms with Gasteiger partial charge in [0.25, 0.3) is 0 Å². The maximum atomic E-state index is 13.5. The summed E-state index contributed by atoms with van der Waals surface area (Å²) in [6.45, 7) is 7.38. The molecule has 39 heavy (non-hydrogen) atoms. The number of ether oxygens (including phenoxy) is 1. The van der Waals surface area contributed by atoms with Crippen LogP contribution in [0.5, 0.6) is 5.75 Å². The van der Waals surface area contributed by atoms with E-state index < -0.39 is 12.0 Å². The normalized spacial score (nSPS) is 15.0. The average molecular weight is 533 g/mol. The fraction of sp³-hybridized carbons (Fsp3) is 0.400. The van der Waals surface area contributed by atoms with E-state index >= 15 is 0 Å². The number of amides is 2. The number of carboxylic acid groups (broad SMARTS) is 1. The van der Waals surface area contributed by atoms with Crippen LogP contribution in [0.25, 0.3) is 0 Å². The van der Waals surface area contributed by atoms with E-state index in [0.29, 0.717) is 12.3 Å². The summed E-state index contributed by atoms with van der Waals surface area (Å²) >= 11 is 0. The van der Waals surface area contributed by atoms with Crippen molar-refractivity contribution in [3.8, 4) is 5.75 Å². The van der Waals surface area contributed by atoms with E-state index in [0.717, 1.165) is 22.5 Å². The third-order valence-electron chi connectivity index (χ3n) is 7.06. The van der Waals surface area contributed by atoms with Crippen LogP contribution in [0.15, 0.2) is 54.9 Å². The minimum Gasteiger partial charge on any atom is -0.497 e. The van der Waals surface area contributed by atoms with Gasteiger partial charge < -0.3 is 24.6 Å². The second-order valence-electron chi connectivity index (χ2n) is 10.9. The quantitative estimate of drug-likeness (QED) is 0.437. The number of carbonyl (C=O) groups excluding carboxylic acids is 2. The number of rotatable bonds is 9. The van der Waals surface area contributed by atoms with Gasteiger partial charge in [0, 0.05) is 19.5 Å². The molecule has 0 bridgehead atoms. The zero-order chi connectivity index (χ0) is 28.2. The Labute approximate surface area is 228 Å². The molecule has 1 atom stereocenters. The van der Waals surface area contributed by atoms with Crippen LogP contribution in [-0.2, 0) is 45.7 Å². The lowest BCUT2D eigenvalue weighted by Crippen LogP contribution is -2.53. The SMILES string of the molecule is COc1ccc(CC(=O)N2Cc3c(ncn3Cc3ccc(C(C)(C)C)cc3)CC2C(=O)NCCC(=O)O)cc1. The average Bonchev–Trinajstić information content (AvgIpc) is 3.29. The van der Waals surface area contributed by atoms with Crippen LogP contribution >= 0.6 is 0 Å². The van der Waals surface area contributed by atoms with Crippen LogP contribution in [0, 0.1) is 0 Å². The molecule has 0 aliphatic carbocycles. The molecule has 9 nitrogen and oxygen atoms in total. The van der Waals surface area contributed by atoms with Crippen molar-refractivity contribution in [1.82, 2.24) is 19.8 Å². The summed E-state index contributed by atoms with van der Waals surface area (Å²) < 4.78 is 7.24. The van der Waals surface area contributed by atoms with E-state index in [2.05, 4.69) is 55.3 Å². The molecule has 0 radical (unpaired) electrons. The van der Waals surface area contributed by atoms with Crippen LogP contribution in [0.2, 0.25) is 0 Å². The van der Waals surface area contributed by atoms with Gasteiger partial charge in [-0.3, -0.25) is 14.4 Å². The topological polar surface area (TPSA) is 114 Å². The van der Waals surface area contributed by atoms with Crippen LogP contribution in [0.4, 0.5) is 0 Å². The van der Waals surface area contributed by atoms with E-state index in [9.17, 15) is 14.4 Å². The summed E-state index contributed by atoms with van der Waals surface area (Å²) in [6, 6.07) is 15.0. The van der Waals surface area contributed by atoms with Gasteiger partial charge in [-0.2, -0.15) is 0 Å². The summed E-state index contributed by atoms with van der Waals surface area (Å²) in [4.78, 5) is 43.7. The first-order valence-corrected chi connectivity index (χ1v) is 13.1. The number of methoxy groups -OCH3 is 1. The van der Waals surface area contributed by atoms with E-state index in [1.807, 2.05) is 16.7 Å². The summed E-state index contributed by atoms with van der Waals surface area (Å²) in [5.74, 6) is -0.865. The molecule has 9 heteroatoms. The number of carboxylic acids is 1. The maximum absolute atomic E-state index is 13.5. The van der Waals surface area contributed by atoms with Crippen molar-refractivity contribution in [2.24, 2.45) is 0 Å². The van der Waals surface area contributed by atoms with E-state index in [4.69, 9.17) is 9.84 Å². The number of aromatic nitrogens is 2. The molecule has 206 valence electrons. The molecule has 3 aromatic rings. The second-order valence-corrected chi connectivity index (χ2v) is 10.9. The number of hydrogen-bond donors (Lipinski definition) is 2. The molecule has 2 heterocycles. The highest BCUT2D eigenvalue weighted by molar-refractivity contribution is 5.89. The number of carbonyl (C=O) groups is 3. The van der Waals surface area contributed by atoms with Crippen molar-refractivity contribution in [2.45, 2.75) is 64.6 Å². The molecule has 1 aliphatic heterocycles. The molecule has 1 aromatic heterocycles. The summed E-state index contributed by atoms with van der Waals surface area (Å²) in [5, 5.41) is 11.6. The number of fused-ring (bicyclic) bond motifs is 1. The van der Waals surface area contributed by atoms with E-state index in [1.165, 1.54) is 5.56 Å². The van der Waals surface area contributed by atoms with Gasteiger partial charge in [-0.05, 0) is 34.2 Å². The summed E-state index contributed by atoms with van der Waals surface area (Å²) in [7, 11) is 1.58. The van der Waals surface area contributed by atoms with Crippen LogP contribution < -0.4 is 10.1 Å². The van der Waals surface area contributed by atoms with Gasteiger partial charge >= 0.3 is 5.97 Å². The lowest BCUT2D eigenvalue weighted by Gasteiger charge is -2.35. The molecule has 0 saturated heterocycles. The Morgan fingerprint density at radius 1 is 1.05 bits per heavy atom. The molecule has 2 N–H and O–H groups in total. The van der Waals surface area contributed by atoms with Gasteiger partial charge in [0.1, 0.15) is 11.8 Å². The molecular weight excluding hydrogens is 496 g/mol. The zero-order valence-electron chi connectivity index (χ0n) is 22.9. The molecular formula is C30H36N4O5. The predicted molar refractivity (Wildman–Crippen MR) is 146 cm³/mol. The van der Waals surface area contributed by atoms with Crippen LogP contribution in [0.1, 0.15) is 55.3 Å². The molecule has 0 fully saturated rings. The third kappa shape index (κ3) is 6.85. The number of imidazole rings is 1. The van der Waals surface area contributed by atoms with E-state index in [-0.39, 0.29) is 49.6 Å². The van der Waals surface area contributed by atoms with Crippen molar-refractivity contribution in [3.05, 3.63) is 82.9 Å². The van der Waals surface area contributed by atoms with Gasteiger partial charge in [-0.15, -0.1) is 0 Å². The number of aliphatic carboxylic acids is 1. The van der Waals surface area contributed by atoms with Crippen LogP contribution in [0.3, 0.4) is 0 Å². The Bertz CT molecular complexity index is 1320. The number of benzene rings is 2. The molecule has 1 aliphatic rings. The Kier molecular flexibility index (Phi) is 8.38. The molecule has 2 amide bonds. The fourth-order valence-corrected chi connectivity index (χ4v) is 4.74. The standard InChI is InChI=1S/C30H36N4O5/c1-30(2,3)22-9-5-21(6-10-22)17-33-19-32-24-16-25(29(38)31-14-13-28(36)37)34(18-26(24)33)27(35)15-20-7-11-23(39-4)12-8-20/h5-12,19,25H,13-18H2,1-4H3,(H,31,38)(H,36,37). The minimum absolute atomic E-state index is 0.00294. The lowest BCUT2D eigenvalue weighted by molar-refractivity contribution is -0.142. The summed E-state index contributed by atoms with van der Waals surface area (Å²) in [5.41, 5.74) is 4.92. The Morgan fingerprint density at radius 3 is 2.33 bits per heavy atom. The monoisotopic (exact) mass is 532 g/mol. The maximum Gasteiger partial charge on any atom is 0.305 e. The first-order valence-electron chi connectivity index (χ1n) is 13.1. The van der Waals surface area contributed by atoms with E-state index in [1.54, 1.807) is 30.5 Å². The van der Waals surface area contributed by atoms with Crippen molar-refractivity contribution < 1.29 is 24.2 Å². The van der Waals surface area contributed by atoms with Gasteiger partial charge in [0.15, 0.2) is 0 Å². The number of nitrogens with one attached hydrogen (secondary N) is 1. The van der Waals surface area contributed by atoms with Crippen molar-refractivity contribution in [1.29, 1.82) is 0 Å². The van der Waals surface area contributed by atoms with Crippen molar-refractivity contribution >= 4 is 17.8 Å². The number of nitrogens with zero attached hydrogens (tertiary/aromatic N) is 3. The fourth-order valence-electron chi connectivity index (χ4n) is 4.74. The molecule has 4 rings (SSSR count). The smallest absolute Gasteiger partial charge is 0.305 e. The Hall–Kier alpha value is -4.14. The van der Waals surface area contributed by atoms with Crippen molar-refractivity contribution in [3.63, 3.8) is 0 Å². The largest absolute Gasteiger partial charge is 0.497 e. The molecule has 2 aromatic carbocycles. The second kappa shape index (κ2) is 11.7. The van der Waals surface area contributed by atoms with Gasteiger partial charge in [-0.25, -0.2) is 4.98 Å². The predicted octanol–water partition coefficient (Wildman–Crippen LogP) is 3.32. The van der Waals surface area contributed by atoms with Crippen molar-refractivity contribution in [2.75, 3.05) is 13.7 Å². The first kappa shape index (κ1) is 27.9. The molecule has 1 unspecified atom stereocenters. The molecule has 0 spiro atoms. The highest BCUT2D eigenvalue weighted by Gasteiger charge is 2.36. The number of hydrogen-bond acceptors (Lipinski definition) is 5.